The van der Waals surface area contributed by atoms with Gasteiger partial charge in [-0.25, -0.2) is 0 Å². The third-order valence-electron chi connectivity index (χ3n) is 4.19. The van der Waals surface area contributed by atoms with E-state index in [9.17, 15) is 4.79 Å². The highest BCUT2D eigenvalue weighted by Crippen LogP contribution is 2.27. The molecular formula is C19H23N3O2S. The Hall–Kier alpha value is -2.18. The Morgan fingerprint density at radius 1 is 1.16 bits per heavy atom. The van der Waals surface area contributed by atoms with Crippen LogP contribution < -0.4 is 14.9 Å². The van der Waals surface area contributed by atoms with Crippen molar-refractivity contribution in [3.8, 4) is 0 Å². The molecule has 1 fully saturated rings. The molecule has 0 unspecified atom stereocenters. The fourth-order valence-electron chi connectivity index (χ4n) is 2.77. The lowest BCUT2D eigenvalue weighted by atomic mass is 10.1. The van der Waals surface area contributed by atoms with Crippen molar-refractivity contribution in [2.24, 2.45) is 0 Å². The number of anilines is 3. The highest BCUT2D eigenvalue weighted by molar-refractivity contribution is 8.00. The molecule has 2 N–H and O–H groups in total. The van der Waals surface area contributed by atoms with Crippen LogP contribution in [0.1, 0.15) is 21.5 Å². The van der Waals surface area contributed by atoms with Gasteiger partial charge in [-0.1, -0.05) is 6.07 Å². The van der Waals surface area contributed by atoms with Crippen LogP contribution in [0, 0.1) is 13.8 Å². The Morgan fingerprint density at radius 3 is 2.68 bits per heavy atom. The third-order valence-corrected chi connectivity index (χ3v) is 5.17. The van der Waals surface area contributed by atoms with Crippen molar-refractivity contribution in [2.75, 3.05) is 41.1 Å². The second-order valence-corrected chi connectivity index (χ2v) is 7.09. The van der Waals surface area contributed by atoms with Crippen LogP contribution in [0.3, 0.4) is 0 Å². The summed E-state index contributed by atoms with van der Waals surface area (Å²) in [5.41, 5.74) is 5.62. The zero-order valence-corrected chi connectivity index (χ0v) is 15.6. The summed E-state index contributed by atoms with van der Waals surface area (Å²) in [4.78, 5) is 12.6. The molecule has 1 aliphatic heterocycles. The van der Waals surface area contributed by atoms with Crippen LogP contribution >= 0.6 is 11.9 Å². The van der Waals surface area contributed by atoms with Crippen molar-refractivity contribution in [1.29, 1.82) is 0 Å². The van der Waals surface area contributed by atoms with E-state index in [2.05, 4.69) is 14.9 Å². The Kier molecular flexibility index (Phi) is 5.50. The molecule has 0 saturated carbocycles. The molecule has 1 amide bonds. The van der Waals surface area contributed by atoms with Gasteiger partial charge in [0.15, 0.2) is 0 Å². The number of carbonyl (C=O) groups excluding carboxylic acids is 1. The average molecular weight is 357 g/mol. The Labute approximate surface area is 152 Å². The maximum atomic E-state index is 12.6. The summed E-state index contributed by atoms with van der Waals surface area (Å²) in [7, 11) is 1.87. The number of aryl methyl sites for hydroxylation is 2. The van der Waals surface area contributed by atoms with Gasteiger partial charge in [0.25, 0.3) is 5.91 Å². The molecule has 1 heterocycles. The van der Waals surface area contributed by atoms with E-state index in [0.29, 0.717) is 12.3 Å². The quantitative estimate of drug-likeness (QED) is 0.809. The first kappa shape index (κ1) is 17.6. The molecule has 0 aliphatic carbocycles. The number of nitrogens with zero attached hydrogens (tertiary/aromatic N) is 1. The Morgan fingerprint density at radius 2 is 2.00 bits per heavy atom. The minimum absolute atomic E-state index is 0.0995. The maximum absolute atomic E-state index is 12.6. The molecule has 6 heteroatoms. The number of amides is 1. The van der Waals surface area contributed by atoms with Crippen molar-refractivity contribution in [2.45, 2.75) is 13.8 Å². The molecule has 25 heavy (non-hydrogen) atoms. The molecule has 0 aromatic heterocycles. The average Bonchev–Trinajstić information content (AvgIpc) is 2.63. The predicted octanol–water partition coefficient (Wildman–Crippen LogP) is 4.04. The van der Waals surface area contributed by atoms with Gasteiger partial charge in [-0.15, -0.1) is 0 Å². The van der Waals surface area contributed by atoms with Gasteiger partial charge in [0, 0.05) is 35.4 Å². The molecule has 0 radical (unpaired) electrons. The normalized spacial score (nSPS) is 14.3. The summed E-state index contributed by atoms with van der Waals surface area (Å²) in [6.45, 7) is 5.35. The minimum Gasteiger partial charge on any atom is -0.388 e. The third kappa shape index (κ3) is 4.08. The SMILES string of the molecule is CNc1cc(NC(=O)c2ccc(N3COCCS3)cc2C)ccc1C. The van der Waals surface area contributed by atoms with Crippen molar-refractivity contribution >= 4 is 34.9 Å². The number of benzene rings is 2. The lowest BCUT2D eigenvalue weighted by Gasteiger charge is -2.27. The fraction of sp³-hybridized carbons (Fsp3) is 0.316. The van der Waals surface area contributed by atoms with Crippen LogP contribution in [0.25, 0.3) is 0 Å². The van der Waals surface area contributed by atoms with Gasteiger partial charge < -0.3 is 15.4 Å². The highest BCUT2D eigenvalue weighted by Gasteiger charge is 2.15. The molecule has 3 rings (SSSR count). The molecule has 132 valence electrons. The summed E-state index contributed by atoms with van der Waals surface area (Å²) in [6, 6.07) is 11.7. The van der Waals surface area contributed by atoms with Crippen molar-refractivity contribution in [1.82, 2.24) is 0 Å². The first-order chi connectivity index (χ1) is 12.1. The number of ether oxygens (including phenoxy) is 1. The number of carbonyl (C=O) groups is 1. The topological polar surface area (TPSA) is 53.6 Å². The second-order valence-electron chi connectivity index (χ2n) is 5.98. The largest absolute Gasteiger partial charge is 0.388 e. The molecule has 2 aromatic carbocycles. The summed E-state index contributed by atoms with van der Waals surface area (Å²) in [5, 5.41) is 6.11. The van der Waals surface area contributed by atoms with Gasteiger partial charge in [0.05, 0.1) is 6.61 Å². The maximum Gasteiger partial charge on any atom is 0.255 e. The zero-order valence-electron chi connectivity index (χ0n) is 14.8. The van der Waals surface area contributed by atoms with Gasteiger partial charge >= 0.3 is 0 Å². The standard InChI is InChI=1S/C19H23N3O2S/c1-13-4-5-15(11-18(13)20-3)21-19(23)17-7-6-16(10-14(17)2)22-12-24-8-9-25-22/h4-7,10-11,20H,8-9,12H2,1-3H3,(H,21,23). The summed E-state index contributed by atoms with van der Waals surface area (Å²) in [6.07, 6.45) is 0. The van der Waals surface area contributed by atoms with E-state index in [-0.39, 0.29) is 5.91 Å². The number of rotatable bonds is 4. The summed E-state index contributed by atoms with van der Waals surface area (Å²) in [5.74, 6) is 0.847. The summed E-state index contributed by atoms with van der Waals surface area (Å²) < 4.78 is 7.59. The molecule has 1 saturated heterocycles. The zero-order chi connectivity index (χ0) is 17.8. The molecule has 1 aliphatic rings. The van der Waals surface area contributed by atoms with Crippen LogP contribution in [-0.4, -0.2) is 32.0 Å². The van der Waals surface area contributed by atoms with Crippen LogP contribution in [0.5, 0.6) is 0 Å². The summed E-state index contributed by atoms with van der Waals surface area (Å²) >= 11 is 1.75. The van der Waals surface area contributed by atoms with Gasteiger partial charge in [0.2, 0.25) is 0 Å². The van der Waals surface area contributed by atoms with Crippen LogP contribution in [0.15, 0.2) is 36.4 Å². The fourth-order valence-corrected chi connectivity index (χ4v) is 3.59. The van der Waals surface area contributed by atoms with Crippen LogP contribution in [0.2, 0.25) is 0 Å². The van der Waals surface area contributed by atoms with Gasteiger partial charge in [-0.3, -0.25) is 9.10 Å². The van der Waals surface area contributed by atoms with E-state index in [1.165, 1.54) is 0 Å². The van der Waals surface area contributed by atoms with Crippen molar-refractivity contribution < 1.29 is 9.53 Å². The molecule has 2 aromatic rings. The molecule has 0 bridgehead atoms. The molecular weight excluding hydrogens is 334 g/mol. The van der Waals surface area contributed by atoms with Crippen LogP contribution in [-0.2, 0) is 4.74 Å². The highest BCUT2D eigenvalue weighted by atomic mass is 32.2. The van der Waals surface area contributed by atoms with E-state index >= 15 is 0 Å². The van der Waals surface area contributed by atoms with E-state index in [1.807, 2.05) is 57.3 Å². The Bertz CT molecular complexity index is 773. The lowest BCUT2D eigenvalue weighted by molar-refractivity contribution is 0.102. The van der Waals surface area contributed by atoms with Gasteiger partial charge in [-0.05, 0) is 67.3 Å². The number of hydrogen-bond donors (Lipinski definition) is 2. The van der Waals surface area contributed by atoms with E-state index in [1.54, 1.807) is 11.9 Å². The number of hydrogen-bond acceptors (Lipinski definition) is 5. The monoisotopic (exact) mass is 357 g/mol. The molecule has 5 nitrogen and oxygen atoms in total. The van der Waals surface area contributed by atoms with E-state index in [4.69, 9.17) is 4.74 Å². The van der Waals surface area contributed by atoms with E-state index < -0.39 is 0 Å². The molecule has 0 spiro atoms. The second kappa shape index (κ2) is 7.80. The van der Waals surface area contributed by atoms with Crippen molar-refractivity contribution in [3.05, 3.63) is 53.1 Å². The Balaban J connectivity index is 1.75. The minimum atomic E-state index is -0.0995. The molecule has 0 atom stereocenters. The van der Waals surface area contributed by atoms with Crippen LogP contribution in [0.4, 0.5) is 17.1 Å². The predicted molar refractivity (Wildman–Crippen MR) is 106 cm³/mol. The smallest absolute Gasteiger partial charge is 0.255 e. The first-order valence-electron chi connectivity index (χ1n) is 8.27. The lowest BCUT2D eigenvalue weighted by Crippen LogP contribution is -2.26. The van der Waals surface area contributed by atoms with Gasteiger partial charge in [0.1, 0.15) is 6.73 Å². The first-order valence-corrected chi connectivity index (χ1v) is 9.21. The number of nitrogens with one attached hydrogen (secondary N) is 2. The van der Waals surface area contributed by atoms with Gasteiger partial charge in [-0.2, -0.15) is 0 Å². The van der Waals surface area contributed by atoms with E-state index in [0.717, 1.165) is 40.5 Å². The van der Waals surface area contributed by atoms with Crippen molar-refractivity contribution in [3.63, 3.8) is 0 Å².